The van der Waals surface area contributed by atoms with Gasteiger partial charge in [-0.15, -0.1) is 13.2 Å². The van der Waals surface area contributed by atoms with E-state index >= 15 is 0 Å². The minimum absolute atomic E-state index is 0.0664. The summed E-state index contributed by atoms with van der Waals surface area (Å²) in [6.07, 6.45) is -4.81. The highest BCUT2D eigenvalue weighted by atomic mass is 19.4. The van der Waals surface area contributed by atoms with Crippen LogP contribution in [0.3, 0.4) is 0 Å². The van der Waals surface area contributed by atoms with Gasteiger partial charge in [0.1, 0.15) is 17.0 Å². The number of phenolic OH excluding ortho intramolecular Hbond substituents is 1. The molecule has 0 radical (unpaired) electrons. The number of amides is 2. The number of carbonyl (C=O) groups excluding carboxylic acids is 1. The molecule has 6 rings (SSSR count). The number of anilines is 4. The molecule has 2 amide bonds. The van der Waals surface area contributed by atoms with Crippen molar-refractivity contribution in [3.8, 4) is 23.0 Å². The summed E-state index contributed by atoms with van der Waals surface area (Å²) in [4.78, 5) is 19.6. The van der Waals surface area contributed by atoms with Gasteiger partial charge in [-0.25, -0.2) is 9.78 Å². The molecule has 0 saturated heterocycles. The maximum absolute atomic E-state index is 12.9. The van der Waals surface area contributed by atoms with Crippen LogP contribution >= 0.6 is 0 Å². The molecule has 3 N–H and O–H groups in total. The van der Waals surface area contributed by atoms with Gasteiger partial charge in [-0.2, -0.15) is 0 Å². The van der Waals surface area contributed by atoms with Crippen LogP contribution in [0.15, 0.2) is 83.3 Å². The van der Waals surface area contributed by atoms with E-state index in [0.29, 0.717) is 35.1 Å². The van der Waals surface area contributed by atoms with Crippen LogP contribution in [0.25, 0.3) is 22.6 Å². The number of hydrogen-bond acceptors (Lipinski definition) is 6. The first-order valence-corrected chi connectivity index (χ1v) is 13.4. The van der Waals surface area contributed by atoms with Crippen molar-refractivity contribution >= 4 is 39.9 Å². The fourth-order valence-electron chi connectivity index (χ4n) is 5.46. The van der Waals surface area contributed by atoms with E-state index < -0.39 is 23.6 Å². The molecule has 0 aliphatic carbocycles. The maximum atomic E-state index is 12.9. The lowest BCUT2D eigenvalue weighted by atomic mass is 9.83. The van der Waals surface area contributed by atoms with E-state index in [4.69, 9.17) is 9.40 Å². The van der Waals surface area contributed by atoms with Gasteiger partial charge in [0.2, 0.25) is 5.89 Å². The van der Waals surface area contributed by atoms with E-state index in [0.717, 1.165) is 34.3 Å². The Morgan fingerprint density at radius 3 is 2.51 bits per heavy atom. The number of nitrogens with zero attached hydrogens (tertiary/aromatic N) is 2. The Morgan fingerprint density at radius 2 is 1.77 bits per heavy atom. The van der Waals surface area contributed by atoms with Crippen molar-refractivity contribution in [3.63, 3.8) is 0 Å². The van der Waals surface area contributed by atoms with Crippen molar-refractivity contribution in [1.82, 2.24) is 4.98 Å². The van der Waals surface area contributed by atoms with Crippen LogP contribution < -0.4 is 20.3 Å². The summed E-state index contributed by atoms with van der Waals surface area (Å²) in [7, 11) is 0. The Balaban J connectivity index is 1.31. The molecule has 0 saturated carbocycles. The van der Waals surface area contributed by atoms with Gasteiger partial charge in [-0.3, -0.25) is 0 Å². The van der Waals surface area contributed by atoms with Gasteiger partial charge in [-0.1, -0.05) is 32.0 Å². The molecule has 2 heterocycles. The summed E-state index contributed by atoms with van der Waals surface area (Å²) in [5.74, 6) is 0.118. The Hall–Kier alpha value is -5.19. The Bertz CT molecular complexity index is 1850. The van der Waals surface area contributed by atoms with Crippen LogP contribution in [0.4, 0.5) is 40.7 Å². The number of oxazole rings is 1. The van der Waals surface area contributed by atoms with Gasteiger partial charge in [-0.05, 0) is 78.7 Å². The van der Waals surface area contributed by atoms with Crippen molar-refractivity contribution in [2.24, 2.45) is 0 Å². The van der Waals surface area contributed by atoms with E-state index in [-0.39, 0.29) is 11.4 Å². The molecule has 1 aliphatic rings. The lowest BCUT2D eigenvalue weighted by molar-refractivity contribution is -0.274. The summed E-state index contributed by atoms with van der Waals surface area (Å²) >= 11 is 0. The molecular weight excluding hydrogens is 561 g/mol. The number of aromatic hydroxyl groups is 1. The second-order valence-electron chi connectivity index (χ2n) is 11.0. The van der Waals surface area contributed by atoms with Crippen molar-refractivity contribution in [1.29, 1.82) is 0 Å². The average Bonchev–Trinajstić information content (AvgIpc) is 3.48. The first-order chi connectivity index (χ1) is 20.4. The number of halogens is 3. The minimum Gasteiger partial charge on any atom is -0.506 e. The van der Waals surface area contributed by atoms with E-state index in [1.54, 1.807) is 24.3 Å². The SMILES string of the molecule is Cc1ccc2nc(-c3ccc(O)c4c3C(C)(C)CN4c3ccccc3NC(=O)Nc3ccc(OC(F)(F)F)cc3)oc2c1. The average molecular weight is 589 g/mol. The number of aromatic nitrogens is 1. The van der Waals surface area contributed by atoms with Crippen LogP contribution in [0.1, 0.15) is 25.0 Å². The van der Waals surface area contributed by atoms with Crippen molar-refractivity contribution in [3.05, 3.63) is 90.0 Å². The predicted octanol–water partition coefficient (Wildman–Crippen LogP) is 8.48. The number of benzene rings is 4. The van der Waals surface area contributed by atoms with E-state index in [1.807, 2.05) is 42.2 Å². The van der Waals surface area contributed by atoms with Crippen molar-refractivity contribution in [2.75, 3.05) is 22.1 Å². The number of urea groups is 1. The molecule has 5 aromatic rings. The summed E-state index contributed by atoms with van der Waals surface area (Å²) in [6, 6.07) is 20.6. The molecule has 1 aliphatic heterocycles. The Labute approximate surface area is 244 Å². The van der Waals surface area contributed by atoms with E-state index in [2.05, 4.69) is 29.2 Å². The number of para-hydroxylation sites is 2. The quantitative estimate of drug-likeness (QED) is 0.190. The first kappa shape index (κ1) is 28.0. The lowest BCUT2D eigenvalue weighted by Gasteiger charge is -2.25. The van der Waals surface area contributed by atoms with E-state index in [1.165, 1.54) is 12.1 Å². The summed E-state index contributed by atoms with van der Waals surface area (Å²) in [5.41, 5.74) is 5.58. The molecule has 1 aromatic heterocycles. The largest absolute Gasteiger partial charge is 0.573 e. The van der Waals surface area contributed by atoms with Gasteiger partial charge in [0, 0.05) is 23.2 Å². The van der Waals surface area contributed by atoms with Crippen LogP contribution in [-0.4, -0.2) is 29.0 Å². The molecule has 4 aromatic carbocycles. The predicted molar refractivity (Wildman–Crippen MR) is 158 cm³/mol. The number of aryl methyl sites for hydroxylation is 1. The van der Waals surface area contributed by atoms with Crippen LogP contribution in [0.2, 0.25) is 0 Å². The van der Waals surface area contributed by atoms with Gasteiger partial charge in [0.25, 0.3) is 0 Å². The lowest BCUT2D eigenvalue weighted by Crippen LogP contribution is -2.27. The number of phenols is 1. The zero-order chi connectivity index (χ0) is 30.5. The topological polar surface area (TPSA) is 99.9 Å². The minimum atomic E-state index is -4.81. The zero-order valence-electron chi connectivity index (χ0n) is 23.4. The summed E-state index contributed by atoms with van der Waals surface area (Å²) in [6.45, 7) is 6.59. The fraction of sp³-hybridized carbons (Fsp3) is 0.188. The van der Waals surface area contributed by atoms with Crippen molar-refractivity contribution in [2.45, 2.75) is 32.5 Å². The van der Waals surface area contributed by atoms with Gasteiger partial charge >= 0.3 is 12.4 Å². The molecule has 0 bridgehead atoms. The molecule has 11 heteroatoms. The molecule has 8 nitrogen and oxygen atoms in total. The second-order valence-corrected chi connectivity index (χ2v) is 11.0. The second kappa shape index (κ2) is 10.3. The zero-order valence-corrected chi connectivity index (χ0v) is 23.4. The molecule has 0 spiro atoms. The van der Waals surface area contributed by atoms with E-state index in [9.17, 15) is 23.1 Å². The summed E-state index contributed by atoms with van der Waals surface area (Å²) < 4.78 is 47.4. The van der Waals surface area contributed by atoms with Crippen molar-refractivity contribution < 1.29 is 32.2 Å². The monoisotopic (exact) mass is 588 g/mol. The number of carbonyl (C=O) groups is 1. The molecule has 0 atom stereocenters. The number of rotatable bonds is 5. The van der Waals surface area contributed by atoms with Gasteiger partial charge < -0.3 is 29.8 Å². The number of ether oxygens (including phenoxy) is 1. The fourth-order valence-corrected chi connectivity index (χ4v) is 5.46. The third-order valence-electron chi connectivity index (χ3n) is 7.22. The Morgan fingerprint density at radius 1 is 1.02 bits per heavy atom. The highest BCUT2D eigenvalue weighted by molar-refractivity contribution is 6.03. The molecule has 43 heavy (non-hydrogen) atoms. The molecule has 0 unspecified atom stereocenters. The third kappa shape index (κ3) is 5.53. The highest BCUT2D eigenvalue weighted by Crippen LogP contribution is 2.53. The normalized spacial score (nSPS) is 14.0. The van der Waals surface area contributed by atoms with Gasteiger partial charge in [0.05, 0.1) is 17.1 Å². The number of fused-ring (bicyclic) bond motifs is 2. The van der Waals surface area contributed by atoms with Crippen LogP contribution in [0, 0.1) is 6.92 Å². The molecule has 220 valence electrons. The number of nitrogens with one attached hydrogen (secondary N) is 2. The smallest absolute Gasteiger partial charge is 0.506 e. The Kier molecular flexibility index (Phi) is 6.67. The first-order valence-electron chi connectivity index (χ1n) is 13.4. The molecule has 0 fully saturated rings. The van der Waals surface area contributed by atoms with Gasteiger partial charge in [0.15, 0.2) is 5.58 Å². The molecular formula is C32H27F3N4O4. The number of hydrogen-bond donors (Lipinski definition) is 3. The van der Waals surface area contributed by atoms with Crippen LogP contribution in [0.5, 0.6) is 11.5 Å². The number of alkyl halides is 3. The highest BCUT2D eigenvalue weighted by Gasteiger charge is 2.41. The van der Waals surface area contributed by atoms with Crippen LogP contribution in [-0.2, 0) is 5.41 Å². The maximum Gasteiger partial charge on any atom is 0.573 e. The third-order valence-corrected chi connectivity index (χ3v) is 7.22. The standard InChI is InChI=1S/C32H27F3N4O4/c1-18-8-14-23-26(16-18)42-29(37-23)21-13-15-25(40)28-27(21)31(2,3)17-39(28)24-7-5-4-6-22(24)38-30(41)36-19-9-11-20(12-10-19)43-32(33,34)35/h4-16,40H,17H2,1-3H3,(H2,36,38,41). The summed E-state index contributed by atoms with van der Waals surface area (Å²) in [5, 5.41) is 16.6.